The van der Waals surface area contributed by atoms with Gasteiger partial charge in [0.15, 0.2) is 0 Å². The Balaban J connectivity index is -0.000000320. The van der Waals surface area contributed by atoms with Crippen LogP contribution in [0.15, 0.2) is 0 Å². The summed E-state index contributed by atoms with van der Waals surface area (Å²) in [6, 6.07) is 0. The Hall–Kier alpha value is 2.36. The van der Waals surface area contributed by atoms with Gasteiger partial charge in [-0.25, -0.2) is 0 Å². The second-order valence-electron chi connectivity index (χ2n) is 0.949. The molecule has 0 aliphatic carbocycles. The summed E-state index contributed by atoms with van der Waals surface area (Å²) in [5.74, 6) is 0. The molecule has 0 fully saturated rings. The third-order valence-electron chi connectivity index (χ3n) is 0.185. The Bertz CT molecular complexity index is 223. The fourth-order valence-corrected chi connectivity index (χ4v) is 2.83. The quantitative estimate of drug-likeness (QED) is 0.376. The molecule has 0 aromatic rings. The van der Waals surface area contributed by atoms with E-state index in [2.05, 4.69) is 3.18 Å². The molecule has 0 amide bonds. The van der Waals surface area contributed by atoms with Gasteiger partial charge in [-0.3, -0.25) is 0 Å². The predicted molar refractivity (Wildman–Crippen MR) is 12.3 cm³/mol. The van der Waals surface area contributed by atoms with Crippen molar-refractivity contribution in [2.24, 2.45) is 0 Å². The molecule has 1 N–H and O–H groups in total. The van der Waals surface area contributed by atoms with Crippen LogP contribution in [0, 0.1) is 0 Å². The van der Waals surface area contributed by atoms with Gasteiger partial charge in [-0.05, 0) is 0 Å². The average Bonchev–Trinajstić information content (AvgIpc) is 1.14. The summed E-state index contributed by atoms with van der Waals surface area (Å²) in [7, 11) is -5.57. The van der Waals surface area contributed by atoms with Crippen molar-refractivity contribution in [3.63, 3.8) is 0 Å². The minimum absolute atomic E-state index is 0. The Kier molecular flexibility index (Phi) is 11.7. The van der Waals surface area contributed by atoms with E-state index in [-0.39, 0.29) is 59.1 Å². The topological polar surface area (TPSA) is 127 Å². The van der Waals surface area contributed by atoms with E-state index in [1.54, 1.807) is 0 Å². The van der Waals surface area contributed by atoms with E-state index in [1.807, 2.05) is 0 Å². The van der Waals surface area contributed by atoms with Crippen LogP contribution >= 0.6 is 7.82 Å². The zero-order valence-electron chi connectivity index (χ0n) is 5.75. The van der Waals surface area contributed by atoms with Crippen molar-refractivity contribution in [2.45, 2.75) is 0 Å². The molecular weight excluding hydrogens is 373 g/mol. The normalized spacial score (nSPS) is 11.2. The van der Waals surface area contributed by atoms with Gasteiger partial charge in [0.1, 0.15) is 0 Å². The molecule has 0 aliphatic rings. The summed E-state index contributed by atoms with van der Waals surface area (Å²) in [4.78, 5) is 18.8. The van der Waals surface area contributed by atoms with Crippen LogP contribution in [0.2, 0.25) is 0 Å². The molecule has 11 heteroatoms. The van der Waals surface area contributed by atoms with Crippen LogP contribution in [0.4, 0.5) is 0 Å². The van der Waals surface area contributed by atoms with Gasteiger partial charge in [-0.15, -0.1) is 0 Å². The molecule has 0 unspecified atom stereocenters. The van der Waals surface area contributed by atoms with Crippen LogP contribution in [0.3, 0.4) is 0 Å². The third-order valence-corrected chi connectivity index (χ3v) is 4.55. The van der Waals surface area contributed by atoms with E-state index in [4.69, 9.17) is 3.76 Å². The zero-order valence-corrected chi connectivity index (χ0v) is 13.6. The molecule has 0 saturated heterocycles. The number of hydrogen-bond acceptors (Lipinski definition) is 6. The second-order valence-corrected chi connectivity index (χ2v) is 6.67. The molecule has 0 saturated carbocycles. The van der Waals surface area contributed by atoms with E-state index in [0.717, 1.165) is 0 Å². The Labute approximate surface area is 110 Å². The monoisotopic (exact) mass is 374 g/mol. The molecular formula is HNa2O7PW. The first-order valence-corrected chi connectivity index (χ1v) is 7.78. The van der Waals surface area contributed by atoms with Gasteiger partial charge in [-0.2, -0.15) is 0 Å². The van der Waals surface area contributed by atoms with Crippen LogP contribution in [0.1, 0.15) is 0 Å². The van der Waals surface area contributed by atoms with Crippen molar-refractivity contribution in [3.05, 3.63) is 0 Å². The third kappa shape index (κ3) is 19.0. The fourth-order valence-electron chi connectivity index (χ4n) is 0.115. The Morgan fingerprint density at radius 2 is 1.55 bits per heavy atom. The summed E-state index contributed by atoms with van der Waals surface area (Å²) in [6.45, 7) is 0. The van der Waals surface area contributed by atoms with Gasteiger partial charge in [-0.1, -0.05) is 0 Å². The molecule has 56 valence electrons. The summed E-state index contributed by atoms with van der Waals surface area (Å²) in [5, 5.41) is 0. The fraction of sp³-hybridized carbons (Fsp3) is 0. The summed E-state index contributed by atoms with van der Waals surface area (Å²) < 4.78 is 38.8. The molecule has 11 heavy (non-hydrogen) atoms. The maximum Gasteiger partial charge on any atom is 1.00 e. The Morgan fingerprint density at radius 1 is 1.27 bits per heavy atom. The zero-order chi connectivity index (χ0) is 7.71. The first-order chi connectivity index (χ1) is 3.71. The van der Waals surface area contributed by atoms with Crippen molar-refractivity contribution in [1.29, 1.82) is 0 Å². The Morgan fingerprint density at radius 3 is 1.55 bits per heavy atom. The first kappa shape index (κ1) is 19.0. The van der Waals surface area contributed by atoms with E-state index < -0.39 is 24.6 Å². The SMILES string of the molecule is O=P([O-])([O-])[O][W](=[O])(=[O])[OH].[Na+].[Na+]. The van der Waals surface area contributed by atoms with E-state index in [0.29, 0.717) is 0 Å². The molecule has 0 aromatic heterocycles. The molecule has 0 bridgehead atoms. The minimum atomic E-state index is -6.32. The van der Waals surface area contributed by atoms with E-state index in [1.165, 1.54) is 0 Å². The molecule has 0 aromatic carbocycles. The van der Waals surface area contributed by atoms with Gasteiger partial charge in [0, 0.05) is 0 Å². The van der Waals surface area contributed by atoms with E-state index in [9.17, 15) is 21.1 Å². The van der Waals surface area contributed by atoms with Crippen molar-refractivity contribution < 1.29 is 104 Å². The summed E-state index contributed by atoms with van der Waals surface area (Å²) >= 11 is -6.32. The molecule has 0 aliphatic heterocycles. The molecule has 0 spiro atoms. The van der Waals surface area contributed by atoms with Crippen LogP contribution in [-0.4, -0.2) is 3.76 Å². The molecule has 0 heterocycles. The minimum Gasteiger partial charge on any atom is 1.00 e. The van der Waals surface area contributed by atoms with Gasteiger partial charge < -0.3 is 0 Å². The number of phosphoric acid groups is 1. The van der Waals surface area contributed by atoms with Crippen molar-refractivity contribution in [1.82, 2.24) is 0 Å². The molecule has 7 nitrogen and oxygen atoms in total. The van der Waals surface area contributed by atoms with Crippen LogP contribution in [-0.2, 0) is 31.3 Å². The van der Waals surface area contributed by atoms with Crippen molar-refractivity contribution in [3.8, 4) is 0 Å². The predicted octanol–water partition coefficient (Wildman–Crippen LogP) is -8.49. The van der Waals surface area contributed by atoms with Gasteiger partial charge >= 0.3 is 112 Å². The molecule has 0 atom stereocenters. The van der Waals surface area contributed by atoms with Crippen molar-refractivity contribution in [2.75, 3.05) is 0 Å². The number of hydrogen-bond donors (Lipinski definition) is 1. The smallest absolute Gasteiger partial charge is 1.00 e. The second kappa shape index (κ2) is 6.76. The molecule has 0 rings (SSSR count). The number of rotatable bonds is 2. The first-order valence-electron chi connectivity index (χ1n) is 1.41. The van der Waals surface area contributed by atoms with Gasteiger partial charge in [0.2, 0.25) is 0 Å². The largest absolute Gasteiger partial charge is 1.00 e. The van der Waals surface area contributed by atoms with Crippen molar-refractivity contribution >= 4 is 7.82 Å². The van der Waals surface area contributed by atoms with Crippen LogP contribution in [0.25, 0.3) is 0 Å². The summed E-state index contributed by atoms with van der Waals surface area (Å²) in [5.41, 5.74) is 0. The van der Waals surface area contributed by atoms with Gasteiger partial charge in [0.05, 0.1) is 0 Å². The van der Waals surface area contributed by atoms with Crippen LogP contribution < -0.4 is 68.9 Å². The van der Waals surface area contributed by atoms with Gasteiger partial charge in [0.25, 0.3) is 0 Å². The van der Waals surface area contributed by atoms with E-state index >= 15 is 0 Å². The average molecular weight is 374 g/mol. The maximum absolute atomic E-state index is 9.53. The maximum atomic E-state index is 9.53. The summed E-state index contributed by atoms with van der Waals surface area (Å²) in [6.07, 6.45) is 0. The standard InChI is InChI=1S/2Na.H3O4P.H2O.2O.W/c;;1-5(2,3)4;;;;/h;;(H3,1,2,3,4);1H2;;;/q2*+1;;;;;+2/p-4. The van der Waals surface area contributed by atoms with Crippen LogP contribution in [0.5, 0.6) is 0 Å². The molecule has 0 radical (unpaired) electrons.